The molecule has 252 valence electrons. The van der Waals surface area contributed by atoms with E-state index in [1.807, 2.05) is 86.0 Å². The van der Waals surface area contributed by atoms with Gasteiger partial charge in [0.1, 0.15) is 17.7 Å². The zero-order valence-corrected chi connectivity index (χ0v) is 28.0. The lowest BCUT2D eigenvalue weighted by atomic mass is 9.86. The highest BCUT2D eigenvalue weighted by Crippen LogP contribution is 2.28. The van der Waals surface area contributed by atoms with Crippen molar-refractivity contribution in [3.05, 3.63) is 83.4 Å². The second-order valence-electron chi connectivity index (χ2n) is 12.9. The number of nitrogens with one attached hydrogen (secondary N) is 3. The van der Waals surface area contributed by atoms with Crippen molar-refractivity contribution in [3.8, 4) is 22.8 Å². The van der Waals surface area contributed by atoms with Gasteiger partial charge in [0.25, 0.3) is 11.8 Å². The molecule has 48 heavy (non-hydrogen) atoms. The minimum Gasteiger partial charge on any atom is -0.364 e. The average molecular weight is 654 g/mol. The zero-order valence-electron chi connectivity index (χ0n) is 28.0. The van der Waals surface area contributed by atoms with E-state index in [9.17, 15) is 19.2 Å². The maximum atomic E-state index is 13.2. The largest absolute Gasteiger partial charge is 0.364 e. The van der Waals surface area contributed by atoms with Crippen LogP contribution in [-0.2, 0) is 35.8 Å². The van der Waals surface area contributed by atoms with Crippen LogP contribution in [0.5, 0.6) is 0 Å². The molecule has 4 heterocycles. The topological polar surface area (TPSA) is 169 Å². The lowest BCUT2D eigenvalue weighted by molar-refractivity contribution is -0.130. The first-order valence-corrected chi connectivity index (χ1v) is 16.0. The third kappa shape index (κ3) is 7.15. The maximum absolute atomic E-state index is 13.2. The molecule has 4 aromatic rings. The Morgan fingerprint density at radius 1 is 0.833 bits per heavy atom. The maximum Gasteiger partial charge on any atom is 0.272 e. The van der Waals surface area contributed by atoms with E-state index in [2.05, 4.69) is 30.5 Å². The van der Waals surface area contributed by atoms with E-state index in [1.165, 1.54) is 6.92 Å². The second kappa shape index (κ2) is 14.2. The van der Waals surface area contributed by atoms with E-state index in [0.717, 1.165) is 35.7 Å². The summed E-state index contributed by atoms with van der Waals surface area (Å²) in [4.78, 5) is 59.8. The van der Waals surface area contributed by atoms with Gasteiger partial charge in [-0.2, -0.15) is 0 Å². The minimum absolute atomic E-state index is 0.0481. The molecular formula is C35H43N9O4. The average Bonchev–Trinajstić information content (AvgIpc) is 3.67. The molecule has 4 amide bonds. The molecule has 6 rings (SSSR count). The number of rotatable bonds is 6. The third-order valence-corrected chi connectivity index (χ3v) is 8.49. The van der Waals surface area contributed by atoms with Crippen LogP contribution in [0.1, 0.15) is 60.1 Å². The van der Waals surface area contributed by atoms with Gasteiger partial charge in [-0.1, -0.05) is 81.4 Å². The predicted molar refractivity (Wildman–Crippen MR) is 181 cm³/mol. The van der Waals surface area contributed by atoms with Crippen molar-refractivity contribution in [2.75, 3.05) is 20.1 Å². The number of carbonyl (C=O) groups excluding carboxylic acids is 4. The summed E-state index contributed by atoms with van der Waals surface area (Å²) in [5, 5.41) is 8.70. The number of nitrogens with two attached hydrogens (primary N) is 1. The van der Waals surface area contributed by atoms with Crippen LogP contribution in [0.2, 0.25) is 0 Å². The van der Waals surface area contributed by atoms with Gasteiger partial charge in [-0.25, -0.2) is 9.97 Å². The number of imidazole rings is 2. The number of aromatic nitrogens is 4. The first kappa shape index (κ1) is 34.0. The van der Waals surface area contributed by atoms with Crippen molar-refractivity contribution in [3.63, 3.8) is 0 Å². The first-order chi connectivity index (χ1) is 22.9. The van der Waals surface area contributed by atoms with Crippen LogP contribution in [0, 0.1) is 5.41 Å². The van der Waals surface area contributed by atoms with E-state index < -0.39 is 23.3 Å². The SMILES string of the molecule is CNC(=O)[C@@H](NC(=O)c1nc(-c2ccccc2)n2c1CN(C(C)=O)CC2)C(C)(C)C.NC(=O)c1nc(-c2ccccc2)n2c1CNCC2. The highest BCUT2D eigenvalue weighted by Gasteiger charge is 2.35. The predicted octanol–water partition coefficient (Wildman–Crippen LogP) is 2.55. The van der Waals surface area contributed by atoms with Crippen LogP contribution in [0.4, 0.5) is 0 Å². The fourth-order valence-corrected chi connectivity index (χ4v) is 5.95. The van der Waals surface area contributed by atoms with E-state index in [0.29, 0.717) is 43.4 Å². The molecule has 2 aromatic heterocycles. The summed E-state index contributed by atoms with van der Waals surface area (Å²) >= 11 is 0. The summed E-state index contributed by atoms with van der Waals surface area (Å²) in [6.07, 6.45) is 0. The normalized spacial score (nSPS) is 14.5. The summed E-state index contributed by atoms with van der Waals surface area (Å²) in [5.41, 5.74) is 8.99. The number of benzene rings is 2. The molecule has 0 fully saturated rings. The fourth-order valence-electron chi connectivity index (χ4n) is 5.95. The van der Waals surface area contributed by atoms with Crippen molar-refractivity contribution < 1.29 is 19.2 Å². The number of amides is 4. The van der Waals surface area contributed by atoms with Gasteiger partial charge in [0.05, 0.1) is 17.9 Å². The van der Waals surface area contributed by atoms with Gasteiger partial charge >= 0.3 is 0 Å². The number of fused-ring (bicyclic) bond motifs is 2. The van der Waals surface area contributed by atoms with Gasteiger partial charge in [-0.05, 0) is 5.41 Å². The zero-order chi connectivity index (χ0) is 34.6. The number of nitrogens with zero attached hydrogens (tertiary/aromatic N) is 5. The standard InChI is InChI=1S/C22H29N5O3.C13H14N4O/c1-14(28)26-11-12-27-16(13-26)17(24-19(27)15-9-7-6-8-10-15)20(29)25-18(21(30)23-5)22(2,3)4;14-12(18)11-10-8-15-6-7-17(10)13(16-11)9-4-2-1-3-5-9/h6-10,18H,11-13H2,1-5H3,(H,23,30)(H,25,29);1-5,15H,6-8H2,(H2,14,18)/t18-;/m1./s1. The van der Waals surface area contributed by atoms with Gasteiger partial charge in [-0.15, -0.1) is 0 Å². The Hall–Kier alpha value is -5.30. The molecule has 5 N–H and O–H groups in total. The monoisotopic (exact) mass is 653 g/mol. The van der Waals surface area contributed by atoms with Gasteiger partial charge in [0.2, 0.25) is 11.8 Å². The molecule has 13 nitrogen and oxygen atoms in total. The Bertz CT molecular complexity index is 1810. The van der Waals surface area contributed by atoms with Crippen LogP contribution < -0.4 is 21.7 Å². The van der Waals surface area contributed by atoms with Gasteiger partial charge in [-0.3, -0.25) is 19.2 Å². The summed E-state index contributed by atoms with van der Waals surface area (Å²) in [6.45, 7) is 10.9. The van der Waals surface area contributed by atoms with Crippen LogP contribution in [-0.4, -0.2) is 73.8 Å². The molecule has 1 atom stereocenters. The van der Waals surface area contributed by atoms with Crippen LogP contribution in [0.25, 0.3) is 22.8 Å². The van der Waals surface area contributed by atoms with Crippen molar-refractivity contribution in [2.45, 2.75) is 59.9 Å². The van der Waals surface area contributed by atoms with Crippen molar-refractivity contribution in [1.29, 1.82) is 0 Å². The summed E-state index contributed by atoms with van der Waals surface area (Å²) in [7, 11) is 1.55. The van der Waals surface area contributed by atoms with Crippen LogP contribution >= 0.6 is 0 Å². The lowest BCUT2D eigenvalue weighted by Crippen LogP contribution is -2.53. The summed E-state index contributed by atoms with van der Waals surface area (Å²) in [6, 6.07) is 18.8. The summed E-state index contributed by atoms with van der Waals surface area (Å²) < 4.78 is 4.07. The van der Waals surface area contributed by atoms with E-state index in [-0.39, 0.29) is 17.5 Å². The molecule has 2 aliphatic rings. The first-order valence-electron chi connectivity index (χ1n) is 16.0. The molecule has 13 heteroatoms. The van der Waals surface area contributed by atoms with Crippen LogP contribution in [0.3, 0.4) is 0 Å². The Labute approximate surface area is 279 Å². The molecule has 0 spiro atoms. The number of carbonyl (C=O) groups is 4. The molecule has 0 saturated carbocycles. The molecular weight excluding hydrogens is 610 g/mol. The summed E-state index contributed by atoms with van der Waals surface area (Å²) in [5.74, 6) is 0.303. The highest BCUT2D eigenvalue weighted by molar-refractivity contribution is 5.98. The number of hydrogen-bond acceptors (Lipinski definition) is 7. The molecule has 2 aliphatic heterocycles. The molecule has 0 bridgehead atoms. The van der Waals surface area contributed by atoms with Gasteiger partial charge < -0.3 is 35.7 Å². The van der Waals surface area contributed by atoms with E-state index in [1.54, 1.807) is 11.9 Å². The Morgan fingerprint density at radius 2 is 1.40 bits per heavy atom. The Balaban J connectivity index is 0.000000212. The fraction of sp³-hybridized carbons (Fsp3) is 0.371. The molecule has 0 radical (unpaired) electrons. The smallest absolute Gasteiger partial charge is 0.272 e. The Morgan fingerprint density at radius 3 is 1.92 bits per heavy atom. The van der Waals surface area contributed by atoms with Gasteiger partial charge in [0.15, 0.2) is 11.4 Å². The number of likely N-dealkylation sites (N-methyl/N-ethyl adjacent to an activating group) is 1. The molecule has 2 aromatic carbocycles. The van der Waals surface area contributed by atoms with E-state index in [4.69, 9.17) is 5.73 Å². The Kier molecular flexibility index (Phi) is 10.1. The molecule has 0 aliphatic carbocycles. The van der Waals surface area contributed by atoms with Crippen molar-refractivity contribution in [1.82, 2.24) is 40.0 Å². The molecule has 0 unspecified atom stereocenters. The quantitative estimate of drug-likeness (QED) is 0.248. The van der Waals surface area contributed by atoms with Gasteiger partial charge in [0, 0.05) is 57.8 Å². The lowest BCUT2D eigenvalue weighted by Gasteiger charge is -2.30. The van der Waals surface area contributed by atoms with Crippen LogP contribution in [0.15, 0.2) is 60.7 Å². The minimum atomic E-state index is -0.722. The van der Waals surface area contributed by atoms with E-state index >= 15 is 0 Å². The number of hydrogen-bond donors (Lipinski definition) is 4. The van der Waals surface area contributed by atoms with Crippen molar-refractivity contribution in [2.24, 2.45) is 11.1 Å². The third-order valence-electron chi connectivity index (χ3n) is 8.49. The second-order valence-corrected chi connectivity index (χ2v) is 12.9. The number of primary amides is 1. The van der Waals surface area contributed by atoms with Crippen molar-refractivity contribution >= 4 is 23.6 Å². The molecule has 0 saturated heterocycles. The highest BCUT2D eigenvalue weighted by atomic mass is 16.2.